The van der Waals surface area contributed by atoms with Gasteiger partial charge in [0.2, 0.25) is 0 Å². The van der Waals surface area contributed by atoms with Gasteiger partial charge in [-0.2, -0.15) is 15.0 Å². The van der Waals surface area contributed by atoms with E-state index in [0.717, 1.165) is 10.2 Å². The Labute approximate surface area is 97.2 Å². The summed E-state index contributed by atoms with van der Waals surface area (Å²) >= 11 is 3.48. The molecule has 2 aromatic rings. The number of nitrogens with zero attached hydrogens (tertiary/aromatic N) is 3. The lowest BCUT2D eigenvalue weighted by Crippen LogP contribution is -2.04. The van der Waals surface area contributed by atoms with Gasteiger partial charge in [-0.25, -0.2) is 0 Å². The van der Waals surface area contributed by atoms with Crippen LogP contribution in [0, 0.1) is 0 Å². The van der Waals surface area contributed by atoms with Crippen molar-refractivity contribution in [1.29, 1.82) is 0 Å². The van der Waals surface area contributed by atoms with Crippen molar-refractivity contribution in [2.24, 2.45) is 0 Å². The predicted octanol–water partition coefficient (Wildman–Crippen LogP) is 3.15. The molecule has 78 valence electrons. The van der Waals surface area contributed by atoms with E-state index in [4.69, 9.17) is 0 Å². The third kappa shape index (κ3) is 2.09. The summed E-state index contributed by atoms with van der Waals surface area (Å²) < 4.78 is 1.09. The molecule has 0 N–H and O–H groups in total. The molecule has 0 saturated carbocycles. The van der Waals surface area contributed by atoms with Crippen LogP contribution in [0.1, 0.15) is 25.3 Å². The van der Waals surface area contributed by atoms with E-state index >= 15 is 0 Å². The van der Waals surface area contributed by atoms with Crippen LogP contribution in [0.4, 0.5) is 0 Å². The fourth-order valence-electron chi connectivity index (χ4n) is 1.51. The quantitative estimate of drug-likeness (QED) is 0.835. The van der Waals surface area contributed by atoms with Gasteiger partial charge in [0.15, 0.2) is 0 Å². The summed E-state index contributed by atoms with van der Waals surface area (Å²) in [5, 5.41) is 8.30. The molecule has 0 unspecified atom stereocenters. The third-order valence-electron chi connectivity index (χ3n) is 2.25. The van der Waals surface area contributed by atoms with Gasteiger partial charge >= 0.3 is 0 Å². The second-order valence-electron chi connectivity index (χ2n) is 3.68. The SMILES string of the molecule is CC(C)c1cc(Br)ccc1-n1nccn1. The zero-order chi connectivity index (χ0) is 10.8. The maximum atomic E-state index is 4.15. The van der Waals surface area contributed by atoms with Crippen LogP contribution >= 0.6 is 15.9 Å². The van der Waals surface area contributed by atoms with Crippen LogP contribution in [0.15, 0.2) is 35.1 Å². The molecule has 15 heavy (non-hydrogen) atoms. The zero-order valence-corrected chi connectivity index (χ0v) is 10.3. The van der Waals surface area contributed by atoms with Gasteiger partial charge in [-0.1, -0.05) is 29.8 Å². The molecular weight excluding hydrogens is 254 g/mol. The summed E-state index contributed by atoms with van der Waals surface area (Å²) in [6, 6.07) is 6.15. The Morgan fingerprint density at radius 2 is 1.87 bits per heavy atom. The first-order valence-electron chi connectivity index (χ1n) is 4.84. The van der Waals surface area contributed by atoms with Crippen LogP contribution in [0.25, 0.3) is 5.69 Å². The fourth-order valence-corrected chi connectivity index (χ4v) is 1.89. The normalized spacial score (nSPS) is 10.9. The molecule has 1 aromatic carbocycles. The van der Waals surface area contributed by atoms with Crippen molar-refractivity contribution in [1.82, 2.24) is 15.0 Å². The molecule has 3 nitrogen and oxygen atoms in total. The molecule has 0 saturated heterocycles. The third-order valence-corrected chi connectivity index (χ3v) is 2.74. The van der Waals surface area contributed by atoms with Crippen LogP contribution in [0.3, 0.4) is 0 Å². The Morgan fingerprint density at radius 1 is 1.20 bits per heavy atom. The van der Waals surface area contributed by atoms with Crippen LogP contribution in [-0.2, 0) is 0 Å². The minimum absolute atomic E-state index is 0.448. The molecule has 0 fully saturated rings. The lowest BCUT2D eigenvalue weighted by molar-refractivity contribution is 0.726. The van der Waals surface area contributed by atoms with Gasteiger partial charge in [-0.3, -0.25) is 0 Å². The molecule has 0 aliphatic heterocycles. The number of benzene rings is 1. The molecule has 0 amide bonds. The molecule has 2 rings (SSSR count). The van der Waals surface area contributed by atoms with Gasteiger partial charge < -0.3 is 0 Å². The summed E-state index contributed by atoms with van der Waals surface area (Å²) in [4.78, 5) is 1.65. The van der Waals surface area contributed by atoms with Gasteiger partial charge in [-0.05, 0) is 29.7 Å². The standard InChI is InChI=1S/C11H12BrN3/c1-8(2)10-7-9(12)3-4-11(10)15-13-5-6-14-15/h3-8H,1-2H3. The van der Waals surface area contributed by atoms with Crippen LogP contribution in [0.2, 0.25) is 0 Å². The Balaban J connectivity index is 2.56. The second kappa shape index (κ2) is 4.14. The Kier molecular flexibility index (Phi) is 2.86. The molecule has 4 heteroatoms. The summed E-state index contributed by atoms with van der Waals surface area (Å²) in [6.07, 6.45) is 3.37. The van der Waals surface area contributed by atoms with Crippen molar-refractivity contribution in [2.75, 3.05) is 0 Å². The molecule has 0 spiro atoms. The van der Waals surface area contributed by atoms with Crippen molar-refractivity contribution in [3.05, 3.63) is 40.6 Å². The summed E-state index contributed by atoms with van der Waals surface area (Å²) in [5.74, 6) is 0.448. The Bertz CT molecular complexity index is 449. The number of rotatable bonds is 2. The maximum Gasteiger partial charge on any atom is 0.0891 e. The molecule has 0 atom stereocenters. The topological polar surface area (TPSA) is 30.7 Å². The maximum absolute atomic E-state index is 4.15. The van der Waals surface area contributed by atoms with E-state index < -0.39 is 0 Å². The molecular formula is C11H12BrN3. The number of aromatic nitrogens is 3. The van der Waals surface area contributed by atoms with Crippen LogP contribution in [-0.4, -0.2) is 15.0 Å². The summed E-state index contributed by atoms with van der Waals surface area (Å²) in [5.41, 5.74) is 2.28. The van der Waals surface area contributed by atoms with E-state index in [9.17, 15) is 0 Å². The van der Waals surface area contributed by atoms with Gasteiger partial charge in [0.05, 0.1) is 18.1 Å². The van der Waals surface area contributed by atoms with Gasteiger partial charge in [-0.15, -0.1) is 0 Å². The Morgan fingerprint density at radius 3 is 2.47 bits per heavy atom. The smallest absolute Gasteiger partial charge is 0.0891 e. The molecule has 0 aliphatic carbocycles. The first-order valence-corrected chi connectivity index (χ1v) is 5.64. The van der Waals surface area contributed by atoms with E-state index in [1.54, 1.807) is 17.2 Å². The number of hydrogen-bond donors (Lipinski definition) is 0. The predicted molar refractivity (Wildman–Crippen MR) is 63.1 cm³/mol. The number of hydrogen-bond acceptors (Lipinski definition) is 2. The minimum atomic E-state index is 0.448. The molecule has 0 aliphatic rings. The highest BCUT2D eigenvalue weighted by atomic mass is 79.9. The van der Waals surface area contributed by atoms with Gasteiger partial charge in [0.25, 0.3) is 0 Å². The van der Waals surface area contributed by atoms with Crippen molar-refractivity contribution in [3.63, 3.8) is 0 Å². The van der Waals surface area contributed by atoms with E-state index in [0.29, 0.717) is 5.92 Å². The lowest BCUT2D eigenvalue weighted by Gasteiger charge is -2.11. The largest absolute Gasteiger partial charge is 0.157 e. The highest BCUT2D eigenvalue weighted by molar-refractivity contribution is 9.10. The number of halogens is 1. The van der Waals surface area contributed by atoms with E-state index in [2.05, 4.69) is 46.0 Å². The molecule has 0 bridgehead atoms. The van der Waals surface area contributed by atoms with Crippen molar-refractivity contribution in [2.45, 2.75) is 19.8 Å². The highest BCUT2D eigenvalue weighted by Crippen LogP contribution is 2.25. The molecule has 1 aromatic heterocycles. The Hall–Kier alpha value is -1.16. The van der Waals surface area contributed by atoms with E-state index in [-0.39, 0.29) is 0 Å². The van der Waals surface area contributed by atoms with Crippen molar-refractivity contribution < 1.29 is 0 Å². The zero-order valence-electron chi connectivity index (χ0n) is 8.68. The van der Waals surface area contributed by atoms with Gasteiger partial charge in [0, 0.05) is 4.47 Å². The highest BCUT2D eigenvalue weighted by Gasteiger charge is 2.09. The minimum Gasteiger partial charge on any atom is -0.157 e. The monoisotopic (exact) mass is 265 g/mol. The van der Waals surface area contributed by atoms with Crippen LogP contribution in [0.5, 0.6) is 0 Å². The molecule has 1 heterocycles. The first kappa shape index (κ1) is 10.4. The van der Waals surface area contributed by atoms with Gasteiger partial charge in [0.1, 0.15) is 0 Å². The van der Waals surface area contributed by atoms with E-state index in [1.165, 1.54) is 5.56 Å². The molecule has 0 radical (unpaired) electrons. The van der Waals surface area contributed by atoms with Crippen LogP contribution < -0.4 is 0 Å². The summed E-state index contributed by atoms with van der Waals surface area (Å²) in [6.45, 7) is 4.32. The van der Waals surface area contributed by atoms with Crippen molar-refractivity contribution >= 4 is 15.9 Å². The first-order chi connectivity index (χ1) is 7.18. The average molecular weight is 266 g/mol. The fraction of sp³-hybridized carbons (Fsp3) is 0.273. The second-order valence-corrected chi connectivity index (χ2v) is 4.59. The summed E-state index contributed by atoms with van der Waals surface area (Å²) in [7, 11) is 0. The van der Waals surface area contributed by atoms with E-state index in [1.807, 2.05) is 12.1 Å². The van der Waals surface area contributed by atoms with Crippen molar-refractivity contribution in [3.8, 4) is 5.69 Å². The average Bonchev–Trinajstić information content (AvgIpc) is 2.70. The lowest BCUT2D eigenvalue weighted by atomic mass is 10.0.